The van der Waals surface area contributed by atoms with Gasteiger partial charge in [0, 0.05) is 0 Å². The highest BCUT2D eigenvalue weighted by Crippen LogP contribution is 2.39. The normalized spacial score (nSPS) is 29.0. The molecule has 0 heterocycles. The fraction of sp³-hybridized carbons (Fsp3) is 0.550. The van der Waals surface area contributed by atoms with Crippen molar-refractivity contribution in [3.05, 3.63) is 47.0 Å². The summed E-state index contributed by atoms with van der Waals surface area (Å²) in [6.45, 7) is 2.14. The number of hydrogen-bond donors (Lipinski definition) is 0. The van der Waals surface area contributed by atoms with Crippen molar-refractivity contribution >= 4 is 0 Å². The second-order valence-electron chi connectivity index (χ2n) is 6.80. The molecule has 1 aromatic rings. The quantitative estimate of drug-likeness (QED) is 0.695. The van der Waals surface area contributed by atoms with Crippen LogP contribution in [0.3, 0.4) is 0 Å². The van der Waals surface area contributed by atoms with E-state index in [2.05, 4.69) is 37.3 Å². The van der Waals surface area contributed by atoms with Crippen LogP contribution >= 0.6 is 0 Å². The lowest BCUT2D eigenvalue weighted by molar-refractivity contribution is 0.206. The van der Waals surface area contributed by atoms with Gasteiger partial charge in [-0.1, -0.05) is 18.2 Å². The van der Waals surface area contributed by atoms with E-state index in [4.69, 9.17) is 5.26 Å². The zero-order valence-electron chi connectivity index (χ0n) is 13.0. The molecule has 0 aliphatic heterocycles. The molecule has 0 radical (unpaired) electrons. The van der Waals surface area contributed by atoms with Gasteiger partial charge < -0.3 is 0 Å². The Bertz CT molecular complexity index is 556. The van der Waals surface area contributed by atoms with Gasteiger partial charge in [-0.15, -0.1) is 0 Å². The van der Waals surface area contributed by atoms with Crippen LogP contribution in [-0.4, -0.2) is 0 Å². The molecular formula is C20H25N. The highest BCUT2D eigenvalue weighted by atomic mass is 14.3. The summed E-state index contributed by atoms with van der Waals surface area (Å²) >= 11 is 0. The predicted molar refractivity (Wildman–Crippen MR) is 86.9 cm³/mol. The summed E-state index contributed by atoms with van der Waals surface area (Å²) in [6, 6.07) is 8.56. The molecule has 110 valence electrons. The molecule has 0 amide bonds. The maximum Gasteiger partial charge on any atom is 0.0991 e. The molecule has 1 unspecified atom stereocenters. The number of aryl methyl sites for hydroxylation is 1. The Hall–Kier alpha value is -1.55. The zero-order chi connectivity index (χ0) is 14.7. The first-order valence-electron chi connectivity index (χ1n) is 8.45. The van der Waals surface area contributed by atoms with Crippen molar-refractivity contribution in [1.29, 1.82) is 5.26 Å². The maximum absolute atomic E-state index is 9.01. The van der Waals surface area contributed by atoms with Crippen molar-refractivity contribution in [2.24, 2.45) is 17.8 Å². The number of hydrogen-bond acceptors (Lipinski definition) is 1. The molecule has 0 saturated heterocycles. The predicted octanol–water partition coefficient (Wildman–Crippen LogP) is 5.05. The molecular weight excluding hydrogens is 254 g/mol. The van der Waals surface area contributed by atoms with Crippen molar-refractivity contribution in [2.45, 2.75) is 51.9 Å². The minimum atomic E-state index is 0.819. The second-order valence-corrected chi connectivity index (χ2v) is 6.80. The third-order valence-electron chi connectivity index (χ3n) is 5.55. The summed E-state index contributed by atoms with van der Waals surface area (Å²) in [5.41, 5.74) is 3.74. The molecule has 1 nitrogen and oxygen atoms in total. The number of fused-ring (bicyclic) bond motifs is 1. The van der Waals surface area contributed by atoms with Gasteiger partial charge in [-0.3, -0.25) is 0 Å². The summed E-state index contributed by atoms with van der Waals surface area (Å²) in [5.74, 6) is 2.63. The van der Waals surface area contributed by atoms with E-state index in [-0.39, 0.29) is 0 Å². The SMILES string of the molecule is CC=CC1CCC(C2CCc3cc(C#N)ccc3C2)CC1. The molecule has 1 saturated carbocycles. The van der Waals surface area contributed by atoms with Gasteiger partial charge >= 0.3 is 0 Å². The lowest BCUT2D eigenvalue weighted by Crippen LogP contribution is -2.26. The Kier molecular flexibility index (Phi) is 4.44. The van der Waals surface area contributed by atoms with E-state index in [0.29, 0.717) is 0 Å². The van der Waals surface area contributed by atoms with E-state index in [1.807, 2.05) is 6.07 Å². The molecule has 2 aliphatic carbocycles. The summed E-state index contributed by atoms with van der Waals surface area (Å²) < 4.78 is 0. The third-order valence-corrected chi connectivity index (χ3v) is 5.55. The van der Waals surface area contributed by atoms with Crippen molar-refractivity contribution in [2.75, 3.05) is 0 Å². The Morgan fingerprint density at radius 1 is 1.05 bits per heavy atom. The Balaban J connectivity index is 1.63. The van der Waals surface area contributed by atoms with E-state index in [0.717, 1.165) is 23.3 Å². The first kappa shape index (κ1) is 14.4. The Morgan fingerprint density at radius 3 is 2.57 bits per heavy atom. The molecule has 1 aromatic carbocycles. The maximum atomic E-state index is 9.01. The van der Waals surface area contributed by atoms with Gasteiger partial charge in [0.25, 0.3) is 0 Å². The number of benzene rings is 1. The average molecular weight is 279 g/mol. The smallest absolute Gasteiger partial charge is 0.0991 e. The van der Waals surface area contributed by atoms with Crippen LogP contribution in [0.25, 0.3) is 0 Å². The average Bonchev–Trinajstić information content (AvgIpc) is 2.55. The van der Waals surface area contributed by atoms with E-state index >= 15 is 0 Å². The summed E-state index contributed by atoms with van der Waals surface area (Å²) in [5, 5.41) is 9.01. The monoisotopic (exact) mass is 279 g/mol. The molecule has 0 spiro atoms. The second kappa shape index (κ2) is 6.48. The summed E-state index contributed by atoms with van der Waals surface area (Å²) in [7, 11) is 0. The molecule has 1 heteroatoms. The lowest BCUT2D eigenvalue weighted by Gasteiger charge is -2.36. The van der Waals surface area contributed by atoms with Crippen LogP contribution in [0.15, 0.2) is 30.4 Å². The zero-order valence-corrected chi connectivity index (χ0v) is 13.0. The van der Waals surface area contributed by atoms with Gasteiger partial charge in [-0.2, -0.15) is 5.26 Å². The molecule has 3 rings (SSSR count). The van der Waals surface area contributed by atoms with Crippen LogP contribution in [0.2, 0.25) is 0 Å². The summed E-state index contributed by atoms with van der Waals surface area (Å²) in [4.78, 5) is 0. The largest absolute Gasteiger partial charge is 0.192 e. The molecule has 2 aliphatic rings. The van der Waals surface area contributed by atoms with Gasteiger partial charge in [-0.25, -0.2) is 0 Å². The van der Waals surface area contributed by atoms with Crippen molar-refractivity contribution in [3.63, 3.8) is 0 Å². The van der Waals surface area contributed by atoms with Gasteiger partial charge in [0.1, 0.15) is 0 Å². The van der Waals surface area contributed by atoms with Crippen LogP contribution in [0.1, 0.15) is 55.7 Å². The van der Waals surface area contributed by atoms with Crippen molar-refractivity contribution < 1.29 is 0 Å². The molecule has 0 aromatic heterocycles. The Morgan fingerprint density at radius 2 is 1.86 bits per heavy atom. The van der Waals surface area contributed by atoms with Gasteiger partial charge in [-0.05, 0) is 92.9 Å². The molecule has 0 bridgehead atoms. The van der Waals surface area contributed by atoms with Gasteiger partial charge in [0.05, 0.1) is 11.6 Å². The van der Waals surface area contributed by atoms with Crippen LogP contribution < -0.4 is 0 Å². The first-order valence-corrected chi connectivity index (χ1v) is 8.45. The lowest BCUT2D eigenvalue weighted by atomic mass is 9.69. The molecule has 21 heavy (non-hydrogen) atoms. The first-order chi connectivity index (χ1) is 10.3. The van der Waals surface area contributed by atoms with Crippen molar-refractivity contribution in [3.8, 4) is 6.07 Å². The van der Waals surface area contributed by atoms with Crippen LogP contribution in [0.5, 0.6) is 0 Å². The molecule has 1 atom stereocenters. The number of allylic oxidation sites excluding steroid dienone is 2. The van der Waals surface area contributed by atoms with Crippen molar-refractivity contribution in [1.82, 2.24) is 0 Å². The van der Waals surface area contributed by atoms with Gasteiger partial charge in [0.2, 0.25) is 0 Å². The van der Waals surface area contributed by atoms with E-state index in [1.54, 1.807) is 0 Å². The van der Waals surface area contributed by atoms with Gasteiger partial charge in [0.15, 0.2) is 0 Å². The highest BCUT2D eigenvalue weighted by Gasteiger charge is 2.29. The summed E-state index contributed by atoms with van der Waals surface area (Å²) in [6.07, 6.45) is 13.9. The standard InChI is InChI=1S/C20H25N/c1-2-3-15-4-7-17(8-5-15)19-11-10-18-12-16(14-21)6-9-20(18)13-19/h2-3,6,9,12,15,17,19H,4-5,7-8,10-11,13H2,1H3. The fourth-order valence-electron chi connectivity index (χ4n) is 4.34. The topological polar surface area (TPSA) is 23.8 Å². The fourth-order valence-corrected chi connectivity index (χ4v) is 4.34. The number of rotatable bonds is 2. The third kappa shape index (κ3) is 3.21. The van der Waals surface area contributed by atoms with E-state index < -0.39 is 0 Å². The Labute approximate surface area is 128 Å². The van der Waals surface area contributed by atoms with E-state index in [9.17, 15) is 0 Å². The van der Waals surface area contributed by atoms with E-state index in [1.165, 1.54) is 56.1 Å². The minimum Gasteiger partial charge on any atom is -0.192 e. The minimum absolute atomic E-state index is 0.819. The van der Waals surface area contributed by atoms with Crippen LogP contribution in [-0.2, 0) is 12.8 Å². The van der Waals surface area contributed by atoms with Crippen LogP contribution in [0.4, 0.5) is 0 Å². The number of nitriles is 1. The molecule has 1 fully saturated rings. The van der Waals surface area contributed by atoms with Crippen LogP contribution in [0, 0.1) is 29.1 Å². The molecule has 0 N–H and O–H groups in total. The number of nitrogens with zero attached hydrogens (tertiary/aromatic N) is 1. The highest BCUT2D eigenvalue weighted by molar-refractivity contribution is 5.39.